The number of hydrogen-bond donors (Lipinski definition) is 8. The monoisotopic (exact) mass is 790 g/mol. The first-order valence-electron chi connectivity index (χ1n) is 19.3. The number of fused-ring (bicyclic) bond motifs is 9. The van der Waals surface area contributed by atoms with Crippen LogP contribution in [-0.2, 0) is 5.41 Å². The molecule has 0 fully saturated rings. The van der Waals surface area contributed by atoms with Gasteiger partial charge in [0.15, 0.2) is 23.0 Å². The van der Waals surface area contributed by atoms with Crippen molar-refractivity contribution >= 4 is 49.2 Å². The van der Waals surface area contributed by atoms with E-state index in [0.29, 0.717) is 22.3 Å². The van der Waals surface area contributed by atoms with Crippen molar-refractivity contribution in [3.8, 4) is 85.1 Å². The molecule has 9 aromatic carbocycles. The van der Waals surface area contributed by atoms with Crippen molar-refractivity contribution in [2.45, 2.75) is 18.4 Å². The lowest BCUT2D eigenvalue weighted by Crippen LogP contribution is -2.37. The van der Waals surface area contributed by atoms with Gasteiger partial charge in [0.1, 0.15) is 11.9 Å². The second-order valence-electron chi connectivity index (χ2n) is 15.7. The summed E-state index contributed by atoms with van der Waals surface area (Å²) in [5.74, 6) is -6.89. The van der Waals surface area contributed by atoms with Gasteiger partial charge in [-0.05, 0) is 86.1 Å². The number of aromatic hydroxyl groups is 8. The Labute approximate surface area is 341 Å². The van der Waals surface area contributed by atoms with E-state index in [4.69, 9.17) is 4.74 Å². The molecule has 0 amide bonds. The second kappa shape index (κ2) is 12.2. The molecule has 1 aliphatic heterocycles. The summed E-state index contributed by atoms with van der Waals surface area (Å²) in [6.07, 6.45) is 3.63. The van der Waals surface area contributed by atoms with Gasteiger partial charge in [-0.15, -0.1) is 0 Å². The summed E-state index contributed by atoms with van der Waals surface area (Å²) in [5.41, 5.74) is 4.47. The van der Waals surface area contributed by atoms with Crippen LogP contribution in [0.1, 0.15) is 23.6 Å². The largest absolute Gasteiger partial charge is 0.504 e. The molecule has 292 valence electrons. The van der Waals surface area contributed by atoms with Crippen LogP contribution in [0.5, 0.6) is 51.7 Å². The molecular weight excluding hydrogens is 757 g/mol. The van der Waals surface area contributed by atoms with Gasteiger partial charge in [0, 0.05) is 38.2 Å². The second-order valence-corrected chi connectivity index (χ2v) is 15.7. The van der Waals surface area contributed by atoms with Gasteiger partial charge in [-0.1, -0.05) is 109 Å². The van der Waals surface area contributed by atoms with Crippen LogP contribution in [0.2, 0.25) is 0 Å². The van der Waals surface area contributed by atoms with E-state index >= 15 is 0 Å². The molecule has 2 aliphatic rings. The van der Waals surface area contributed by atoms with Gasteiger partial charge in [-0.25, -0.2) is 0 Å². The van der Waals surface area contributed by atoms with Crippen LogP contribution in [-0.4, -0.2) is 47.0 Å². The zero-order valence-corrected chi connectivity index (χ0v) is 31.8. The van der Waals surface area contributed by atoms with E-state index in [-0.39, 0.29) is 38.8 Å². The molecule has 1 aliphatic carbocycles. The van der Waals surface area contributed by atoms with Crippen LogP contribution in [0.4, 0.5) is 0 Å². The summed E-state index contributed by atoms with van der Waals surface area (Å²) < 4.78 is 6.46. The van der Waals surface area contributed by atoms with E-state index < -0.39 is 51.4 Å². The van der Waals surface area contributed by atoms with Crippen LogP contribution in [0, 0.1) is 0 Å². The van der Waals surface area contributed by atoms with E-state index in [1.165, 1.54) is 0 Å². The van der Waals surface area contributed by atoms with Crippen LogP contribution in [0.15, 0.2) is 127 Å². The maximum absolute atomic E-state index is 12.0. The minimum absolute atomic E-state index is 0.0147. The summed E-state index contributed by atoms with van der Waals surface area (Å²) in [4.78, 5) is 0. The number of benzene rings is 9. The molecule has 0 bridgehead atoms. The van der Waals surface area contributed by atoms with Crippen molar-refractivity contribution in [3.05, 3.63) is 144 Å². The maximum Gasteiger partial charge on any atom is 0.204 e. The van der Waals surface area contributed by atoms with Gasteiger partial charge in [0.2, 0.25) is 23.0 Å². The molecule has 11 rings (SSSR count). The highest BCUT2D eigenvalue weighted by Crippen LogP contribution is 2.63. The average molecular weight is 791 g/mol. The van der Waals surface area contributed by atoms with Crippen molar-refractivity contribution in [2.24, 2.45) is 0 Å². The number of phenols is 8. The third-order valence-corrected chi connectivity index (χ3v) is 12.7. The number of phenolic OH excluding ortho intramolecular Hbond substituents is 8. The minimum Gasteiger partial charge on any atom is -0.504 e. The number of ether oxygens (including phenoxy) is 1. The molecule has 0 saturated carbocycles. The van der Waals surface area contributed by atoms with Gasteiger partial charge >= 0.3 is 0 Å². The lowest BCUT2D eigenvalue weighted by molar-refractivity contribution is 0.224. The van der Waals surface area contributed by atoms with E-state index in [1.54, 1.807) is 18.2 Å². The fraction of sp³-hybridized carbons (Fsp3) is 0.0588. The molecule has 9 nitrogen and oxygen atoms in total. The molecule has 2 atom stereocenters. The Balaban J connectivity index is 1.28. The van der Waals surface area contributed by atoms with Crippen molar-refractivity contribution in [3.63, 3.8) is 0 Å². The summed E-state index contributed by atoms with van der Waals surface area (Å²) >= 11 is 0. The summed E-state index contributed by atoms with van der Waals surface area (Å²) in [7, 11) is 0. The predicted octanol–water partition coefficient (Wildman–Crippen LogP) is 11.0. The Morgan fingerprint density at radius 2 is 0.983 bits per heavy atom. The summed E-state index contributed by atoms with van der Waals surface area (Å²) in [6.45, 7) is 2.06. The Hall–Kier alpha value is -8.04. The first-order chi connectivity index (χ1) is 29.0. The summed E-state index contributed by atoms with van der Waals surface area (Å²) in [5, 5.41) is 95.3. The van der Waals surface area contributed by atoms with E-state index in [1.807, 2.05) is 109 Å². The molecule has 9 heteroatoms. The van der Waals surface area contributed by atoms with Crippen molar-refractivity contribution in [1.82, 2.24) is 0 Å². The standard InChI is InChI=1S/C51H34O9/c1-51-33-13-7-4-9-25(33)17-21-36(51)60-35-20-16-28(23-34(35)51)37-39-41(45(54)49(58)47(56)43(39)52)38(42-40(37)44(53)48(57)50(59)46(42)55)32-19-18-29(30-11-5-6-12-31(30)32)27-15-14-24-8-2-3-10-26(24)22-27/h2-23,36,52-59H,1H3. The van der Waals surface area contributed by atoms with E-state index in [9.17, 15) is 40.9 Å². The topological polar surface area (TPSA) is 171 Å². The normalized spacial score (nSPS) is 16.6. The number of hydrogen-bond acceptors (Lipinski definition) is 9. The molecule has 8 N–H and O–H groups in total. The minimum atomic E-state index is -1.03. The van der Waals surface area contributed by atoms with Crippen molar-refractivity contribution in [1.29, 1.82) is 0 Å². The fourth-order valence-electron chi connectivity index (χ4n) is 9.74. The fourth-order valence-corrected chi connectivity index (χ4v) is 9.74. The lowest BCUT2D eigenvalue weighted by atomic mass is 9.68. The lowest BCUT2D eigenvalue weighted by Gasteiger charge is -2.34. The van der Waals surface area contributed by atoms with Gasteiger partial charge in [0.25, 0.3) is 0 Å². The zero-order chi connectivity index (χ0) is 41.4. The smallest absolute Gasteiger partial charge is 0.204 e. The Morgan fingerprint density at radius 1 is 0.450 bits per heavy atom. The predicted molar refractivity (Wildman–Crippen MR) is 232 cm³/mol. The molecule has 1 heterocycles. The van der Waals surface area contributed by atoms with E-state index in [0.717, 1.165) is 44.0 Å². The molecule has 0 aromatic heterocycles. The van der Waals surface area contributed by atoms with E-state index in [2.05, 4.69) is 13.0 Å². The van der Waals surface area contributed by atoms with Gasteiger partial charge < -0.3 is 45.6 Å². The molecule has 60 heavy (non-hydrogen) atoms. The molecule has 9 aromatic rings. The van der Waals surface area contributed by atoms with Crippen molar-refractivity contribution < 1.29 is 45.6 Å². The van der Waals surface area contributed by atoms with Crippen LogP contribution in [0.25, 0.3) is 82.5 Å². The third kappa shape index (κ3) is 4.51. The van der Waals surface area contributed by atoms with Crippen LogP contribution in [0.3, 0.4) is 0 Å². The molecule has 0 saturated heterocycles. The number of rotatable bonds is 3. The molecule has 2 unspecified atom stereocenters. The average Bonchev–Trinajstić information content (AvgIpc) is 3.59. The Morgan fingerprint density at radius 3 is 1.65 bits per heavy atom. The van der Waals surface area contributed by atoms with Crippen LogP contribution < -0.4 is 4.74 Å². The highest BCUT2D eigenvalue weighted by molar-refractivity contribution is 6.30. The van der Waals surface area contributed by atoms with Crippen LogP contribution >= 0.6 is 0 Å². The Bertz CT molecular complexity index is 3340. The van der Waals surface area contributed by atoms with Crippen molar-refractivity contribution in [2.75, 3.05) is 0 Å². The highest BCUT2D eigenvalue weighted by Gasteiger charge is 2.48. The highest BCUT2D eigenvalue weighted by atomic mass is 16.5. The molecule has 0 radical (unpaired) electrons. The van der Waals surface area contributed by atoms with Gasteiger partial charge in [-0.2, -0.15) is 0 Å². The Kier molecular flexibility index (Phi) is 7.17. The quantitative estimate of drug-likeness (QED) is 0.0493. The third-order valence-electron chi connectivity index (χ3n) is 12.7. The maximum atomic E-state index is 12.0. The zero-order valence-electron chi connectivity index (χ0n) is 31.8. The van der Waals surface area contributed by atoms with Gasteiger partial charge in [0.05, 0.1) is 5.41 Å². The first-order valence-corrected chi connectivity index (χ1v) is 19.3. The molecular formula is C51H34O9. The summed E-state index contributed by atoms with van der Waals surface area (Å²) in [6, 6.07) is 38.4. The first kappa shape index (κ1) is 35.1. The molecule has 0 spiro atoms. The SMILES string of the molecule is CC12c3ccccc3C=CC1Oc1ccc(-c3c4c(O)c(O)c(O)c(O)c4c(-c4ccc(-c5ccc6ccccc6c5)c5ccccc45)c4c(O)c(O)c(O)c(O)c34)cc12. The van der Waals surface area contributed by atoms with Gasteiger partial charge in [-0.3, -0.25) is 0 Å².